The molecule has 1 aliphatic heterocycles. The first-order valence-corrected chi connectivity index (χ1v) is 16.7. The summed E-state index contributed by atoms with van der Waals surface area (Å²) in [7, 11) is 1.60. The van der Waals surface area contributed by atoms with E-state index in [1.165, 1.54) is 0 Å². The number of hydrogen-bond donors (Lipinski definition) is 1. The first kappa shape index (κ1) is 33.6. The van der Waals surface area contributed by atoms with E-state index >= 15 is 0 Å². The van der Waals surface area contributed by atoms with E-state index in [0.29, 0.717) is 53.9 Å². The van der Waals surface area contributed by atoms with Crippen LogP contribution in [0.2, 0.25) is 0 Å². The molecule has 1 N–H and O–H groups in total. The van der Waals surface area contributed by atoms with Crippen molar-refractivity contribution in [1.29, 1.82) is 0 Å². The van der Waals surface area contributed by atoms with Crippen molar-refractivity contribution in [3.05, 3.63) is 138 Å². The van der Waals surface area contributed by atoms with Gasteiger partial charge in [0.1, 0.15) is 24.7 Å². The zero-order valence-corrected chi connectivity index (χ0v) is 27.8. The summed E-state index contributed by atoms with van der Waals surface area (Å²) in [5.74, 6) is 2.14. The zero-order chi connectivity index (χ0) is 33.7. The lowest BCUT2D eigenvalue weighted by Crippen LogP contribution is -2.37. The number of anilines is 1. The number of hydrogen-bond acceptors (Lipinski definition) is 7. The van der Waals surface area contributed by atoms with E-state index in [1.807, 2.05) is 109 Å². The van der Waals surface area contributed by atoms with Gasteiger partial charge in [-0.05, 0) is 71.6 Å². The molecule has 5 aromatic rings. The highest BCUT2D eigenvalue weighted by Crippen LogP contribution is 2.42. The number of nitrogens with zero attached hydrogens (tertiary/aromatic N) is 1. The van der Waals surface area contributed by atoms with Crippen LogP contribution < -0.4 is 24.3 Å². The minimum Gasteiger partial charge on any atom is -0.494 e. The SMILES string of the molecule is COc1ccc(C(=O)Nc2ccc(OCCCN3CCOCC3)cc2)c(-c2cccc(OCc3ccccc3)c2)c1OCc1ccccc1. The second kappa shape index (κ2) is 17.2. The first-order valence-electron chi connectivity index (χ1n) is 16.7. The molecule has 0 bridgehead atoms. The number of methoxy groups -OCH3 is 1. The molecule has 1 saturated heterocycles. The van der Waals surface area contributed by atoms with Gasteiger partial charge in [0.05, 0.1) is 32.5 Å². The summed E-state index contributed by atoms with van der Waals surface area (Å²) in [4.78, 5) is 16.4. The predicted octanol–water partition coefficient (Wildman–Crippen LogP) is 7.87. The molecule has 1 heterocycles. The van der Waals surface area contributed by atoms with E-state index < -0.39 is 0 Å². The van der Waals surface area contributed by atoms with Crippen LogP contribution in [0.15, 0.2) is 121 Å². The van der Waals surface area contributed by atoms with Gasteiger partial charge in [-0.25, -0.2) is 0 Å². The predicted molar refractivity (Wildman–Crippen MR) is 192 cm³/mol. The van der Waals surface area contributed by atoms with Crippen LogP contribution in [0.4, 0.5) is 5.69 Å². The third-order valence-corrected chi connectivity index (χ3v) is 8.29. The van der Waals surface area contributed by atoms with E-state index in [0.717, 1.165) is 61.7 Å². The number of amides is 1. The Bertz CT molecular complexity index is 1770. The molecule has 0 saturated carbocycles. The zero-order valence-electron chi connectivity index (χ0n) is 27.8. The van der Waals surface area contributed by atoms with Gasteiger partial charge >= 0.3 is 0 Å². The summed E-state index contributed by atoms with van der Waals surface area (Å²) in [5.41, 5.74) is 4.52. The summed E-state index contributed by atoms with van der Waals surface area (Å²) in [5, 5.41) is 3.07. The highest BCUT2D eigenvalue weighted by atomic mass is 16.5. The van der Waals surface area contributed by atoms with Crippen LogP contribution in [0.25, 0.3) is 11.1 Å². The number of morpholine rings is 1. The fourth-order valence-electron chi connectivity index (χ4n) is 5.69. The fourth-order valence-corrected chi connectivity index (χ4v) is 5.69. The van der Waals surface area contributed by atoms with E-state index in [2.05, 4.69) is 10.2 Å². The van der Waals surface area contributed by atoms with Crippen LogP contribution in [0.3, 0.4) is 0 Å². The normalized spacial score (nSPS) is 13.0. The maximum Gasteiger partial charge on any atom is 0.256 e. The summed E-state index contributed by atoms with van der Waals surface area (Å²) in [6, 6.07) is 38.6. The Morgan fingerprint density at radius 3 is 2.12 bits per heavy atom. The lowest BCUT2D eigenvalue weighted by atomic mass is 9.96. The van der Waals surface area contributed by atoms with Crippen LogP contribution in [-0.2, 0) is 18.0 Å². The Morgan fingerprint density at radius 1 is 0.735 bits per heavy atom. The van der Waals surface area contributed by atoms with E-state index in [1.54, 1.807) is 19.2 Å². The minimum absolute atomic E-state index is 0.281. The summed E-state index contributed by atoms with van der Waals surface area (Å²) >= 11 is 0. The van der Waals surface area contributed by atoms with Gasteiger partial charge in [-0.1, -0.05) is 72.8 Å². The van der Waals surface area contributed by atoms with Crippen LogP contribution in [0, 0.1) is 0 Å². The minimum atomic E-state index is -0.281. The topological polar surface area (TPSA) is 78.5 Å². The molecule has 252 valence electrons. The van der Waals surface area contributed by atoms with Crippen molar-refractivity contribution in [3.63, 3.8) is 0 Å². The number of rotatable bonds is 15. The van der Waals surface area contributed by atoms with Crippen LogP contribution in [0.5, 0.6) is 23.0 Å². The van der Waals surface area contributed by atoms with Crippen molar-refractivity contribution < 1.29 is 28.5 Å². The molecule has 1 amide bonds. The maximum absolute atomic E-state index is 14.0. The van der Waals surface area contributed by atoms with Crippen molar-refractivity contribution in [2.75, 3.05) is 51.9 Å². The summed E-state index contributed by atoms with van der Waals surface area (Å²) in [6.07, 6.45) is 0.936. The standard InChI is InChI=1S/C41H42N2O6/c1-45-38-21-20-37(41(44)42-34-16-18-35(19-17-34)47-25-9-22-43-23-26-46-27-24-43)39(40(38)49-30-32-12-6-3-7-13-32)33-14-8-15-36(28-33)48-29-31-10-4-2-5-11-31/h2-8,10-21,28H,9,22-27,29-30H2,1H3,(H,42,44). The molecular weight excluding hydrogens is 616 g/mol. The van der Waals surface area contributed by atoms with Crippen molar-refractivity contribution >= 4 is 11.6 Å². The van der Waals surface area contributed by atoms with Crippen LogP contribution in [0.1, 0.15) is 27.9 Å². The van der Waals surface area contributed by atoms with Gasteiger partial charge in [-0.2, -0.15) is 0 Å². The van der Waals surface area contributed by atoms with E-state index in [9.17, 15) is 4.79 Å². The van der Waals surface area contributed by atoms with Crippen molar-refractivity contribution in [2.24, 2.45) is 0 Å². The second-order valence-electron chi connectivity index (χ2n) is 11.7. The lowest BCUT2D eigenvalue weighted by Gasteiger charge is -2.26. The van der Waals surface area contributed by atoms with Gasteiger partial charge in [0.2, 0.25) is 0 Å². The molecule has 0 aromatic heterocycles. The largest absolute Gasteiger partial charge is 0.494 e. The van der Waals surface area contributed by atoms with Crippen molar-refractivity contribution in [1.82, 2.24) is 4.90 Å². The molecule has 8 heteroatoms. The molecule has 49 heavy (non-hydrogen) atoms. The summed E-state index contributed by atoms with van der Waals surface area (Å²) in [6.45, 7) is 5.86. The number of carbonyl (C=O) groups is 1. The van der Waals surface area contributed by atoms with Crippen LogP contribution >= 0.6 is 0 Å². The number of benzene rings is 5. The number of ether oxygens (including phenoxy) is 5. The third kappa shape index (κ3) is 9.41. The number of carbonyl (C=O) groups excluding carboxylic acids is 1. The van der Waals surface area contributed by atoms with Gasteiger partial charge < -0.3 is 29.0 Å². The highest BCUT2D eigenvalue weighted by molar-refractivity contribution is 6.10. The average Bonchev–Trinajstić information content (AvgIpc) is 3.16. The monoisotopic (exact) mass is 658 g/mol. The Morgan fingerprint density at radius 2 is 1.43 bits per heavy atom. The molecule has 5 aromatic carbocycles. The van der Waals surface area contributed by atoms with Crippen molar-refractivity contribution in [3.8, 4) is 34.1 Å². The Labute approximate surface area is 288 Å². The molecule has 8 nitrogen and oxygen atoms in total. The van der Waals surface area contributed by atoms with Gasteiger partial charge in [0.25, 0.3) is 5.91 Å². The highest BCUT2D eigenvalue weighted by Gasteiger charge is 2.23. The molecule has 0 unspecified atom stereocenters. The third-order valence-electron chi connectivity index (χ3n) is 8.29. The quantitative estimate of drug-likeness (QED) is 0.115. The van der Waals surface area contributed by atoms with Gasteiger partial charge in [-0.15, -0.1) is 0 Å². The molecule has 0 aliphatic carbocycles. The Hall–Kier alpha value is -5.31. The molecule has 1 aliphatic rings. The average molecular weight is 659 g/mol. The molecule has 0 spiro atoms. The van der Waals surface area contributed by atoms with Gasteiger partial charge in [0, 0.05) is 30.9 Å². The molecule has 0 radical (unpaired) electrons. The molecule has 0 atom stereocenters. The van der Waals surface area contributed by atoms with E-state index in [4.69, 9.17) is 23.7 Å². The lowest BCUT2D eigenvalue weighted by molar-refractivity contribution is 0.0358. The second-order valence-corrected chi connectivity index (χ2v) is 11.7. The van der Waals surface area contributed by atoms with Gasteiger partial charge in [-0.3, -0.25) is 9.69 Å². The maximum atomic E-state index is 14.0. The van der Waals surface area contributed by atoms with Gasteiger partial charge in [0.15, 0.2) is 11.5 Å². The van der Waals surface area contributed by atoms with Crippen LogP contribution in [-0.4, -0.2) is 57.4 Å². The smallest absolute Gasteiger partial charge is 0.256 e. The first-order chi connectivity index (χ1) is 24.2. The summed E-state index contributed by atoms with van der Waals surface area (Å²) < 4.78 is 29.8. The fraction of sp³-hybridized carbons (Fsp3) is 0.244. The molecule has 1 fully saturated rings. The number of nitrogens with one attached hydrogen (secondary N) is 1. The Balaban J connectivity index is 1.22. The Kier molecular flexibility index (Phi) is 11.8. The molecular formula is C41H42N2O6. The molecule has 6 rings (SSSR count). The van der Waals surface area contributed by atoms with E-state index in [-0.39, 0.29) is 5.91 Å². The van der Waals surface area contributed by atoms with Crippen molar-refractivity contribution in [2.45, 2.75) is 19.6 Å².